The van der Waals surface area contributed by atoms with Gasteiger partial charge in [0.25, 0.3) is 0 Å². The molecule has 1 amide bonds. The van der Waals surface area contributed by atoms with E-state index in [2.05, 4.69) is 0 Å². The third kappa shape index (κ3) is 6.74. The number of esters is 1. The summed E-state index contributed by atoms with van der Waals surface area (Å²) in [7, 11) is 0. The van der Waals surface area contributed by atoms with Gasteiger partial charge in [0.1, 0.15) is 16.9 Å². The van der Waals surface area contributed by atoms with Crippen molar-refractivity contribution in [1.82, 2.24) is 4.90 Å². The van der Waals surface area contributed by atoms with Crippen LogP contribution in [0.25, 0.3) is 0 Å². The lowest BCUT2D eigenvalue weighted by Gasteiger charge is -2.35. The van der Waals surface area contributed by atoms with E-state index in [0.29, 0.717) is 6.42 Å². The molecule has 1 saturated heterocycles. The second-order valence-corrected chi connectivity index (χ2v) is 10.0. The minimum atomic E-state index is -0.908. The average molecular weight is 406 g/mol. The lowest BCUT2D eigenvalue weighted by atomic mass is 9.98. The molecular weight excluding hydrogens is 370 g/mol. The molecule has 1 aromatic carbocycles. The van der Waals surface area contributed by atoms with Gasteiger partial charge in [-0.2, -0.15) is 0 Å². The van der Waals surface area contributed by atoms with Crippen LogP contribution >= 0.6 is 0 Å². The quantitative estimate of drug-likeness (QED) is 0.679. The van der Waals surface area contributed by atoms with Crippen molar-refractivity contribution < 1.29 is 23.8 Å². The topological polar surface area (TPSA) is 65.1 Å². The molecule has 0 bridgehead atoms. The molecule has 0 radical (unpaired) electrons. The van der Waals surface area contributed by atoms with Gasteiger partial charge in [0.05, 0.1) is 18.6 Å². The Morgan fingerprint density at radius 1 is 1.00 bits per heavy atom. The second kappa shape index (κ2) is 8.34. The highest BCUT2D eigenvalue weighted by Crippen LogP contribution is 2.37. The molecule has 0 aliphatic carbocycles. The first-order valence-electron chi connectivity index (χ1n) is 10.1. The Labute approximate surface area is 174 Å². The van der Waals surface area contributed by atoms with Crippen molar-refractivity contribution in [3.63, 3.8) is 0 Å². The third-order valence-electron chi connectivity index (χ3n) is 4.45. The predicted octanol–water partition coefficient (Wildman–Crippen LogP) is 4.70. The largest absolute Gasteiger partial charge is 0.460 e. The van der Waals surface area contributed by atoms with Crippen molar-refractivity contribution >= 4 is 12.1 Å². The van der Waals surface area contributed by atoms with Gasteiger partial charge in [-0.1, -0.05) is 30.3 Å². The molecular formula is C23H35NO5. The van der Waals surface area contributed by atoms with Gasteiger partial charge in [-0.25, -0.2) is 4.79 Å². The lowest BCUT2D eigenvalue weighted by Crippen LogP contribution is -2.51. The normalized spacial score (nSPS) is 21.7. The minimum absolute atomic E-state index is 0.0670. The molecule has 0 unspecified atom stereocenters. The number of amides is 1. The van der Waals surface area contributed by atoms with Crippen LogP contribution in [0.2, 0.25) is 0 Å². The van der Waals surface area contributed by atoms with E-state index in [1.165, 1.54) is 0 Å². The minimum Gasteiger partial charge on any atom is -0.460 e. The van der Waals surface area contributed by atoms with Crippen LogP contribution in [-0.4, -0.2) is 46.0 Å². The Morgan fingerprint density at radius 2 is 1.55 bits per heavy atom. The molecule has 2 atom stereocenters. The van der Waals surface area contributed by atoms with Crippen molar-refractivity contribution in [3.8, 4) is 0 Å². The van der Waals surface area contributed by atoms with Gasteiger partial charge in [-0.3, -0.25) is 9.69 Å². The molecule has 0 aromatic heterocycles. The first-order valence-corrected chi connectivity index (χ1v) is 10.1. The van der Waals surface area contributed by atoms with Crippen molar-refractivity contribution in [2.45, 2.75) is 97.3 Å². The molecule has 1 fully saturated rings. The number of carbonyl (C=O) groups excluding carboxylic acids is 2. The van der Waals surface area contributed by atoms with Crippen LogP contribution < -0.4 is 0 Å². The second-order valence-electron chi connectivity index (χ2n) is 10.0. The first-order chi connectivity index (χ1) is 13.2. The smallest absolute Gasteiger partial charge is 0.412 e. The zero-order chi connectivity index (χ0) is 22.0. The molecule has 0 N–H and O–H groups in total. The number of hydrogen-bond donors (Lipinski definition) is 0. The van der Waals surface area contributed by atoms with E-state index in [9.17, 15) is 9.59 Å². The van der Waals surface area contributed by atoms with E-state index >= 15 is 0 Å². The van der Waals surface area contributed by atoms with Gasteiger partial charge in [0, 0.05) is 0 Å². The number of benzene rings is 1. The maximum absolute atomic E-state index is 13.0. The van der Waals surface area contributed by atoms with Crippen LogP contribution in [0, 0.1) is 0 Å². The zero-order valence-electron chi connectivity index (χ0n) is 18.9. The van der Waals surface area contributed by atoms with E-state index in [-0.39, 0.29) is 18.4 Å². The van der Waals surface area contributed by atoms with E-state index in [1.807, 2.05) is 85.7 Å². The average Bonchev–Trinajstić information content (AvgIpc) is 2.74. The van der Waals surface area contributed by atoms with Crippen LogP contribution in [0.3, 0.4) is 0 Å². The Bertz CT molecular complexity index is 715. The summed E-state index contributed by atoms with van der Waals surface area (Å²) >= 11 is 0. The highest BCUT2D eigenvalue weighted by atomic mass is 16.6. The van der Waals surface area contributed by atoms with Crippen LogP contribution in [0.5, 0.6) is 0 Å². The maximum atomic E-state index is 13.0. The molecule has 6 heteroatoms. The van der Waals surface area contributed by atoms with Gasteiger partial charge >= 0.3 is 12.1 Å². The maximum Gasteiger partial charge on any atom is 0.412 e. The molecule has 29 heavy (non-hydrogen) atoms. The number of hydrogen-bond acceptors (Lipinski definition) is 5. The number of carbonyl (C=O) groups is 2. The standard InChI is InChI=1S/C23H35NO5/c1-21(2,3)28-19(25)15-18-17(14-16-12-10-9-11-13-16)24(23(7,8)27-18)20(26)29-22(4,5)6/h9-13,17-18H,14-15H2,1-8H3/t17-,18-/m0/s1. The molecule has 1 aliphatic heterocycles. The van der Waals surface area contributed by atoms with Crippen LogP contribution in [0.15, 0.2) is 30.3 Å². The van der Waals surface area contributed by atoms with Crippen molar-refractivity contribution in [2.24, 2.45) is 0 Å². The third-order valence-corrected chi connectivity index (χ3v) is 4.45. The molecule has 1 aromatic rings. The molecule has 1 aliphatic rings. The highest BCUT2D eigenvalue weighted by Gasteiger charge is 2.51. The van der Waals surface area contributed by atoms with E-state index in [0.717, 1.165) is 5.56 Å². The molecule has 0 spiro atoms. The van der Waals surface area contributed by atoms with Crippen molar-refractivity contribution in [2.75, 3.05) is 0 Å². The fourth-order valence-corrected chi connectivity index (χ4v) is 3.54. The molecule has 1 heterocycles. The van der Waals surface area contributed by atoms with Gasteiger partial charge in [-0.05, 0) is 67.4 Å². The van der Waals surface area contributed by atoms with Gasteiger partial charge in [0.2, 0.25) is 0 Å². The van der Waals surface area contributed by atoms with Gasteiger partial charge < -0.3 is 14.2 Å². The SMILES string of the molecule is CC(C)(C)OC(=O)C[C@@H]1OC(C)(C)N(C(=O)OC(C)(C)C)[C@H]1Cc1ccccc1. The van der Waals surface area contributed by atoms with E-state index in [1.54, 1.807) is 4.90 Å². The zero-order valence-corrected chi connectivity index (χ0v) is 18.9. The fraction of sp³-hybridized carbons (Fsp3) is 0.652. The Hall–Kier alpha value is -2.08. The molecule has 2 rings (SSSR count). The summed E-state index contributed by atoms with van der Waals surface area (Å²) in [4.78, 5) is 27.2. The monoisotopic (exact) mass is 405 g/mol. The summed E-state index contributed by atoms with van der Waals surface area (Å²) in [6.07, 6.45) is -0.322. The Morgan fingerprint density at radius 3 is 2.07 bits per heavy atom. The van der Waals surface area contributed by atoms with Crippen LogP contribution in [-0.2, 0) is 25.4 Å². The summed E-state index contributed by atoms with van der Waals surface area (Å²) in [5, 5.41) is 0. The predicted molar refractivity (Wildman–Crippen MR) is 111 cm³/mol. The lowest BCUT2D eigenvalue weighted by molar-refractivity contribution is -0.159. The number of ether oxygens (including phenoxy) is 3. The van der Waals surface area contributed by atoms with E-state index < -0.39 is 29.1 Å². The Balaban J connectivity index is 2.31. The summed E-state index contributed by atoms with van der Waals surface area (Å²) in [5.74, 6) is -0.345. The number of rotatable bonds is 4. The van der Waals surface area contributed by atoms with Crippen LogP contribution in [0.1, 0.15) is 67.4 Å². The van der Waals surface area contributed by atoms with Crippen molar-refractivity contribution in [1.29, 1.82) is 0 Å². The first kappa shape index (κ1) is 23.2. The van der Waals surface area contributed by atoms with Gasteiger partial charge in [0.15, 0.2) is 0 Å². The molecule has 0 saturated carbocycles. The van der Waals surface area contributed by atoms with Crippen LogP contribution in [0.4, 0.5) is 4.79 Å². The Kier molecular flexibility index (Phi) is 6.68. The fourth-order valence-electron chi connectivity index (χ4n) is 3.54. The van der Waals surface area contributed by atoms with Gasteiger partial charge in [-0.15, -0.1) is 0 Å². The van der Waals surface area contributed by atoms with Crippen molar-refractivity contribution in [3.05, 3.63) is 35.9 Å². The summed E-state index contributed by atoms with van der Waals surface area (Å²) in [6, 6.07) is 9.51. The summed E-state index contributed by atoms with van der Waals surface area (Å²) in [5.41, 5.74) is -1.06. The van der Waals surface area contributed by atoms with E-state index in [4.69, 9.17) is 14.2 Å². The summed E-state index contributed by atoms with van der Waals surface area (Å²) < 4.78 is 17.3. The summed E-state index contributed by atoms with van der Waals surface area (Å²) in [6.45, 7) is 14.6. The molecule has 162 valence electrons. The molecule has 6 nitrogen and oxygen atoms in total. The highest BCUT2D eigenvalue weighted by molar-refractivity contribution is 5.72. The number of nitrogens with zero attached hydrogens (tertiary/aromatic N) is 1.